The first kappa shape index (κ1) is 20.9. The summed E-state index contributed by atoms with van der Waals surface area (Å²) < 4.78 is 27.1. The molecule has 0 atom stereocenters. The molecule has 2 aromatic rings. The standard InChI is InChI=1S/C16H14Cl2N2O6S/c17-11-6-7-14(18)15(9-11)19(8-2-5-16(21)22)27(25,26)13-4-1-3-12(10-13)20(23)24/h1,3-4,6-7,9-10H,2,5,8H2,(H,21,22). The maximum absolute atomic E-state index is 13.1. The lowest BCUT2D eigenvalue weighted by Gasteiger charge is -2.25. The summed E-state index contributed by atoms with van der Waals surface area (Å²) in [5.41, 5.74) is -0.334. The van der Waals surface area contributed by atoms with Gasteiger partial charge in [-0.05, 0) is 30.7 Å². The number of hydrogen-bond acceptors (Lipinski definition) is 5. The molecule has 0 aromatic heterocycles. The Morgan fingerprint density at radius 1 is 1.19 bits per heavy atom. The Hall–Kier alpha value is -2.36. The summed E-state index contributed by atoms with van der Waals surface area (Å²) in [5.74, 6) is -1.08. The normalized spacial score (nSPS) is 11.2. The van der Waals surface area contributed by atoms with Gasteiger partial charge in [-0.2, -0.15) is 0 Å². The maximum atomic E-state index is 13.1. The van der Waals surface area contributed by atoms with Crippen molar-refractivity contribution in [2.24, 2.45) is 0 Å². The van der Waals surface area contributed by atoms with E-state index in [-0.39, 0.29) is 40.0 Å². The number of sulfonamides is 1. The molecule has 2 rings (SSSR count). The molecule has 0 heterocycles. The van der Waals surface area contributed by atoms with Crippen molar-refractivity contribution in [2.45, 2.75) is 17.7 Å². The van der Waals surface area contributed by atoms with E-state index in [1.165, 1.54) is 36.4 Å². The van der Waals surface area contributed by atoms with Crippen LogP contribution in [0.3, 0.4) is 0 Å². The Morgan fingerprint density at radius 3 is 2.52 bits per heavy atom. The number of benzene rings is 2. The molecule has 0 bridgehead atoms. The average Bonchev–Trinajstić information content (AvgIpc) is 2.61. The molecule has 144 valence electrons. The van der Waals surface area contributed by atoms with Crippen LogP contribution in [0.1, 0.15) is 12.8 Å². The van der Waals surface area contributed by atoms with Crippen LogP contribution in [-0.2, 0) is 14.8 Å². The number of nitro benzene ring substituents is 1. The lowest BCUT2D eigenvalue weighted by molar-refractivity contribution is -0.385. The third-order valence-corrected chi connectivity index (χ3v) is 5.91. The lowest BCUT2D eigenvalue weighted by Crippen LogP contribution is -2.32. The first-order chi connectivity index (χ1) is 12.6. The molecular formula is C16H14Cl2N2O6S. The van der Waals surface area contributed by atoms with Crippen molar-refractivity contribution in [3.05, 3.63) is 62.6 Å². The molecule has 11 heteroatoms. The second-order valence-corrected chi connectivity index (χ2v) is 8.13. The number of rotatable bonds is 8. The van der Waals surface area contributed by atoms with Crippen LogP contribution in [0.4, 0.5) is 11.4 Å². The van der Waals surface area contributed by atoms with E-state index in [2.05, 4.69) is 0 Å². The Morgan fingerprint density at radius 2 is 1.89 bits per heavy atom. The van der Waals surface area contributed by atoms with E-state index in [9.17, 15) is 23.3 Å². The smallest absolute Gasteiger partial charge is 0.303 e. The van der Waals surface area contributed by atoms with Gasteiger partial charge in [0.05, 0.1) is 20.5 Å². The van der Waals surface area contributed by atoms with Crippen LogP contribution < -0.4 is 4.31 Å². The van der Waals surface area contributed by atoms with Gasteiger partial charge in [0.1, 0.15) is 0 Å². The minimum atomic E-state index is -4.25. The number of halogens is 2. The Kier molecular flexibility index (Phi) is 6.63. The van der Waals surface area contributed by atoms with Gasteiger partial charge in [0, 0.05) is 30.1 Å². The number of aliphatic carboxylic acids is 1. The number of nitro groups is 1. The highest BCUT2D eigenvalue weighted by atomic mass is 35.5. The van der Waals surface area contributed by atoms with Crippen molar-refractivity contribution in [3.8, 4) is 0 Å². The van der Waals surface area contributed by atoms with E-state index >= 15 is 0 Å². The molecule has 0 aliphatic rings. The van der Waals surface area contributed by atoms with Crippen molar-refractivity contribution in [3.63, 3.8) is 0 Å². The van der Waals surface area contributed by atoms with Crippen LogP contribution >= 0.6 is 23.2 Å². The SMILES string of the molecule is O=C(O)CCCN(c1cc(Cl)ccc1Cl)S(=O)(=O)c1cccc([N+](=O)[O-])c1. The first-order valence-electron chi connectivity index (χ1n) is 7.57. The third-order valence-electron chi connectivity index (χ3n) is 3.55. The van der Waals surface area contributed by atoms with Gasteiger partial charge in [-0.15, -0.1) is 0 Å². The highest BCUT2D eigenvalue weighted by Crippen LogP contribution is 2.33. The summed E-state index contributed by atoms with van der Waals surface area (Å²) in [6.07, 6.45) is -0.258. The number of carboxylic acids is 1. The predicted octanol–water partition coefficient (Wildman–Crippen LogP) is 3.96. The molecule has 2 aromatic carbocycles. The number of anilines is 1. The van der Waals surface area contributed by atoms with Crippen molar-refractivity contribution >= 4 is 50.6 Å². The van der Waals surface area contributed by atoms with E-state index in [0.717, 1.165) is 10.4 Å². The van der Waals surface area contributed by atoms with Gasteiger partial charge < -0.3 is 5.11 Å². The van der Waals surface area contributed by atoms with Gasteiger partial charge in [-0.3, -0.25) is 19.2 Å². The number of carboxylic acid groups (broad SMARTS) is 1. The molecule has 0 unspecified atom stereocenters. The minimum absolute atomic E-state index is 0.00628. The molecular weight excluding hydrogens is 419 g/mol. The number of non-ortho nitro benzene ring substituents is 1. The summed E-state index contributed by atoms with van der Waals surface area (Å²) in [7, 11) is -4.25. The molecule has 0 aliphatic heterocycles. The van der Waals surface area contributed by atoms with Crippen molar-refractivity contribution < 1.29 is 23.2 Å². The fraction of sp³-hybridized carbons (Fsp3) is 0.188. The lowest BCUT2D eigenvalue weighted by atomic mass is 10.3. The predicted molar refractivity (Wildman–Crippen MR) is 101 cm³/mol. The van der Waals surface area contributed by atoms with E-state index in [0.29, 0.717) is 0 Å². The zero-order valence-electron chi connectivity index (χ0n) is 13.7. The van der Waals surface area contributed by atoms with Gasteiger partial charge in [0.25, 0.3) is 15.7 Å². The van der Waals surface area contributed by atoms with Gasteiger partial charge >= 0.3 is 5.97 Å². The molecule has 0 spiro atoms. The van der Waals surface area contributed by atoms with Crippen molar-refractivity contribution in [1.29, 1.82) is 0 Å². The molecule has 8 nitrogen and oxygen atoms in total. The summed E-state index contributed by atoms with van der Waals surface area (Å²) in [6, 6.07) is 8.78. The Labute approximate surface area is 165 Å². The quantitative estimate of drug-likeness (QED) is 0.497. The Balaban J connectivity index is 2.54. The number of hydrogen-bond donors (Lipinski definition) is 1. The molecule has 0 fully saturated rings. The van der Waals surface area contributed by atoms with Gasteiger partial charge in [-0.1, -0.05) is 29.3 Å². The zero-order chi connectivity index (χ0) is 20.2. The molecule has 0 radical (unpaired) electrons. The van der Waals surface area contributed by atoms with Crippen molar-refractivity contribution in [2.75, 3.05) is 10.8 Å². The van der Waals surface area contributed by atoms with Crippen LogP contribution in [0.2, 0.25) is 10.0 Å². The highest BCUT2D eigenvalue weighted by Gasteiger charge is 2.28. The van der Waals surface area contributed by atoms with E-state index in [1.807, 2.05) is 0 Å². The van der Waals surface area contributed by atoms with Gasteiger partial charge in [-0.25, -0.2) is 8.42 Å². The molecule has 27 heavy (non-hydrogen) atoms. The number of nitrogens with zero attached hydrogens (tertiary/aromatic N) is 2. The first-order valence-corrected chi connectivity index (χ1v) is 9.76. The third kappa shape index (κ3) is 5.09. The van der Waals surface area contributed by atoms with Crippen LogP contribution in [0.5, 0.6) is 0 Å². The Bertz CT molecular complexity index is 981. The fourth-order valence-corrected chi connectivity index (χ4v) is 4.30. The van der Waals surface area contributed by atoms with Crippen LogP contribution in [-0.4, -0.2) is 31.0 Å². The molecule has 1 N–H and O–H groups in total. The summed E-state index contributed by atoms with van der Waals surface area (Å²) in [4.78, 5) is 20.7. The monoisotopic (exact) mass is 432 g/mol. The molecule has 0 amide bonds. The van der Waals surface area contributed by atoms with Crippen LogP contribution in [0.15, 0.2) is 47.4 Å². The van der Waals surface area contributed by atoms with Crippen LogP contribution in [0, 0.1) is 10.1 Å². The van der Waals surface area contributed by atoms with Gasteiger partial charge in [0.15, 0.2) is 0 Å². The maximum Gasteiger partial charge on any atom is 0.303 e. The molecule has 0 saturated carbocycles. The largest absolute Gasteiger partial charge is 0.481 e. The minimum Gasteiger partial charge on any atom is -0.481 e. The van der Waals surface area contributed by atoms with E-state index < -0.39 is 26.6 Å². The van der Waals surface area contributed by atoms with Crippen molar-refractivity contribution in [1.82, 2.24) is 0 Å². The summed E-state index contributed by atoms with van der Waals surface area (Å²) in [5, 5.41) is 20.1. The van der Waals surface area contributed by atoms with E-state index in [1.54, 1.807) is 0 Å². The second-order valence-electron chi connectivity index (χ2n) is 5.42. The summed E-state index contributed by atoms with van der Waals surface area (Å²) >= 11 is 12.1. The highest BCUT2D eigenvalue weighted by molar-refractivity contribution is 7.92. The average molecular weight is 433 g/mol. The topological polar surface area (TPSA) is 118 Å². The van der Waals surface area contributed by atoms with Gasteiger partial charge in [0.2, 0.25) is 0 Å². The zero-order valence-corrected chi connectivity index (χ0v) is 16.0. The van der Waals surface area contributed by atoms with Crippen LogP contribution in [0.25, 0.3) is 0 Å². The number of carbonyl (C=O) groups is 1. The molecule has 0 saturated heterocycles. The molecule has 0 aliphatic carbocycles. The summed E-state index contributed by atoms with van der Waals surface area (Å²) in [6.45, 7) is -0.197. The fourth-order valence-electron chi connectivity index (χ4n) is 2.31. The second kappa shape index (κ2) is 8.55. The van der Waals surface area contributed by atoms with E-state index in [4.69, 9.17) is 28.3 Å².